The monoisotopic (exact) mass is 275 g/mol. The maximum Gasteiger partial charge on any atom is 0.231 e. The third-order valence-corrected chi connectivity index (χ3v) is 4.11. The molecule has 19 heavy (non-hydrogen) atoms. The van der Waals surface area contributed by atoms with E-state index >= 15 is 0 Å². The fourth-order valence-corrected chi connectivity index (χ4v) is 3.08. The van der Waals surface area contributed by atoms with Crippen LogP contribution in [0.2, 0.25) is 5.02 Å². The average molecular weight is 276 g/mol. The highest BCUT2D eigenvalue weighted by molar-refractivity contribution is 6.30. The first-order valence-electron chi connectivity index (χ1n) is 6.67. The van der Waals surface area contributed by atoms with Crippen molar-refractivity contribution in [1.82, 2.24) is 5.32 Å². The van der Waals surface area contributed by atoms with Crippen molar-refractivity contribution in [3.8, 4) is 12.3 Å². The molecule has 0 radical (unpaired) electrons. The van der Waals surface area contributed by atoms with Crippen molar-refractivity contribution in [2.45, 2.75) is 37.5 Å². The number of carbonyl (C=O) groups excluding carboxylic acids is 1. The van der Waals surface area contributed by atoms with Crippen LogP contribution in [0.25, 0.3) is 0 Å². The zero-order chi connectivity index (χ0) is 13.7. The number of benzene rings is 1. The van der Waals surface area contributed by atoms with Crippen molar-refractivity contribution in [3.63, 3.8) is 0 Å². The number of halogens is 1. The lowest BCUT2D eigenvalue weighted by Gasteiger charge is -2.36. The summed E-state index contributed by atoms with van der Waals surface area (Å²) in [5.41, 5.74) is 0.550. The number of hydrogen-bond acceptors (Lipinski definition) is 1. The molecule has 3 heteroatoms. The average Bonchev–Trinajstić information content (AvgIpc) is 2.45. The number of rotatable bonds is 3. The largest absolute Gasteiger partial charge is 0.344 e. The SMILES string of the molecule is C#CCNC(=O)C1(c2cccc(Cl)c2)CCCCC1. The molecule has 1 saturated carbocycles. The molecule has 1 N–H and O–H groups in total. The quantitative estimate of drug-likeness (QED) is 0.843. The molecule has 0 atom stereocenters. The van der Waals surface area contributed by atoms with Gasteiger partial charge in [-0.15, -0.1) is 6.42 Å². The van der Waals surface area contributed by atoms with Gasteiger partial charge in [0.05, 0.1) is 12.0 Å². The second-order valence-corrected chi connectivity index (χ2v) is 5.48. The Morgan fingerprint density at radius 1 is 1.37 bits per heavy atom. The minimum absolute atomic E-state index is 0.0346. The van der Waals surface area contributed by atoms with Crippen molar-refractivity contribution in [1.29, 1.82) is 0 Å². The van der Waals surface area contributed by atoms with Gasteiger partial charge in [-0.3, -0.25) is 4.79 Å². The van der Waals surface area contributed by atoms with Gasteiger partial charge in [-0.25, -0.2) is 0 Å². The molecule has 0 saturated heterocycles. The van der Waals surface area contributed by atoms with E-state index in [0.717, 1.165) is 31.2 Å². The van der Waals surface area contributed by atoms with Crippen LogP contribution in [0.1, 0.15) is 37.7 Å². The van der Waals surface area contributed by atoms with E-state index < -0.39 is 5.41 Å². The second-order valence-electron chi connectivity index (χ2n) is 5.04. The summed E-state index contributed by atoms with van der Waals surface area (Å²) in [5.74, 6) is 2.49. The number of hydrogen-bond donors (Lipinski definition) is 1. The highest BCUT2D eigenvalue weighted by atomic mass is 35.5. The molecule has 2 rings (SSSR count). The zero-order valence-corrected chi connectivity index (χ0v) is 11.7. The Morgan fingerprint density at radius 3 is 2.74 bits per heavy atom. The van der Waals surface area contributed by atoms with Crippen LogP contribution in [0.4, 0.5) is 0 Å². The highest BCUT2D eigenvalue weighted by Crippen LogP contribution is 2.40. The van der Waals surface area contributed by atoms with Gasteiger partial charge in [0.2, 0.25) is 5.91 Å². The van der Waals surface area contributed by atoms with Gasteiger partial charge in [-0.1, -0.05) is 48.9 Å². The number of nitrogens with one attached hydrogen (secondary N) is 1. The fraction of sp³-hybridized carbons (Fsp3) is 0.438. The van der Waals surface area contributed by atoms with Gasteiger partial charge in [0, 0.05) is 5.02 Å². The Morgan fingerprint density at radius 2 is 2.11 bits per heavy atom. The molecule has 1 amide bonds. The summed E-state index contributed by atoms with van der Waals surface area (Å²) >= 11 is 6.07. The van der Waals surface area contributed by atoms with Crippen LogP contribution in [-0.2, 0) is 10.2 Å². The van der Waals surface area contributed by atoms with Crippen LogP contribution in [-0.4, -0.2) is 12.5 Å². The lowest BCUT2D eigenvalue weighted by molar-refractivity contribution is -0.127. The van der Waals surface area contributed by atoms with E-state index in [9.17, 15) is 4.79 Å². The van der Waals surface area contributed by atoms with Gasteiger partial charge < -0.3 is 5.32 Å². The molecule has 0 bridgehead atoms. The predicted molar refractivity (Wildman–Crippen MR) is 78.1 cm³/mol. The Balaban J connectivity index is 2.34. The van der Waals surface area contributed by atoms with Crippen molar-refractivity contribution < 1.29 is 4.79 Å². The van der Waals surface area contributed by atoms with Gasteiger partial charge in [0.1, 0.15) is 0 Å². The predicted octanol–water partition coefficient (Wildman–Crippen LogP) is 3.29. The van der Waals surface area contributed by atoms with E-state index in [1.807, 2.05) is 24.3 Å². The Labute approximate surface area is 119 Å². The number of carbonyl (C=O) groups is 1. The van der Waals surface area contributed by atoms with Crippen LogP contribution >= 0.6 is 11.6 Å². The summed E-state index contributed by atoms with van der Waals surface area (Å²) in [4.78, 5) is 12.5. The van der Waals surface area contributed by atoms with E-state index in [-0.39, 0.29) is 12.5 Å². The van der Waals surface area contributed by atoms with Crippen molar-refractivity contribution in [2.75, 3.05) is 6.54 Å². The third kappa shape index (κ3) is 2.93. The van der Waals surface area contributed by atoms with Crippen molar-refractivity contribution >= 4 is 17.5 Å². The van der Waals surface area contributed by atoms with Crippen LogP contribution in [0.3, 0.4) is 0 Å². The molecular weight excluding hydrogens is 258 g/mol. The second kappa shape index (κ2) is 6.12. The normalized spacial score (nSPS) is 17.5. The van der Waals surface area contributed by atoms with Gasteiger partial charge in [-0.2, -0.15) is 0 Å². The van der Waals surface area contributed by atoms with E-state index in [0.29, 0.717) is 5.02 Å². The summed E-state index contributed by atoms with van der Waals surface area (Å²) in [6, 6.07) is 7.64. The highest BCUT2D eigenvalue weighted by Gasteiger charge is 2.40. The summed E-state index contributed by atoms with van der Waals surface area (Å²) in [6.45, 7) is 0.279. The van der Waals surface area contributed by atoms with Crippen LogP contribution in [0.5, 0.6) is 0 Å². The lowest BCUT2D eigenvalue weighted by atomic mass is 9.68. The van der Waals surface area contributed by atoms with Crippen LogP contribution in [0, 0.1) is 12.3 Å². The maximum absolute atomic E-state index is 12.5. The minimum atomic E-state index is -0.458. The van der Waals surface area contributed by atoms with E-state index in [1.54, 1.807) is 0 Å². The molecule has 1 aromatic carbocycles. The van der Waals surface area contributed by atoms with Gasteiger partial charge in [-0.05, 0) is 30.5 Å². The minimum Gasteiger partial charge on any atom is -0.344 e. The topological polar surface area (TPSA) is 29.1 Å². The van der Waals surface area contributed by atoms with Gasteiger partial charge in [0.25, 0.3) is 0 Å². The summed E-state index contributed by atoms with van der Waals surface area (Å²) in [5, 5.41) is 3.52. The molecule has 0 unspecified atom stereocenters. The first-order valence-corrected chi connectivity index (χ1v) is 7.05. The molecule has 1 fully saturated rings. The third-order valence-electron chi connectivity index (χ3n) is 3.87. The first kappa shape index (κ1) is 14.0. The Hall–Kier alpha value is -1.46. The molecule has 0 aromatic heterocycles. The van der Waals surface area contributed by atoms with E-state index in [1.165, 1.54) is 6.42 Å². The zero-order valence-electron chi connectivity index (χ0n) is 10.9. The standard InChI is InChI=1S/C16H18ClNO/c1-2-11-18-15(19)16(9-4-3-5-10-16)13-7-6-8-14(17)12-13/h1,6-8,12H,3-5,9-11H2,(H,18,19). The van der Waals surface area contributed by atoms with Gasteiger partial charge in [0.15, 0.2) is 0 Å². The molecular formula is C16H18ClNO. The summed E-state index contributed by atoms with van der Waals surface area (Å²) < 4.78 is 0. The van der Waals surface area contributed by atoms with Crippen molar-refractivity contribution in [3.05, 3.63) is 34.9 Å². The Bertz CT molecular complexity index is 498. The molecule has 2 nitrogen and oxygen atoms in total. The van der Waals surface area contributed by atoms with Crippen molar-refractivity contribution in [2.24, 2.45) is 0 Å². The molecule has 1 aliphatic rings. The molecule has 1 aromatic rings. The summed E-state index contributed by atoms with van der Waals surface area (Å²) in [7, 11) is 0. The molecule has 0 aliphatic heterocycles. The van der Waals surface area contributed by atoms with Gasteiger partial charge >= 0.3 is 0 Å². The molecule has 100 valence electrons. The number of terminal acetylenes is 1. The van der Waals surface area contributed by atoms with E-state index in [2.05, 4.69) is 11.2 Å². The summed E-state index contributed by atoms with van der Waals surface area (Å²) in [6.07, 6.45) is 10.3. The van der Waals surface area contributed by atoms with Crippen LogP contribution < -0.4 is 5.32 Å². The Kier molecular flexibility index (Phi) is 4.50. The first-order chi connectivity index (χ1) is 9.19. The smallest absolute Gasteiger partial charge is 0.231 e. The maximum atomic E-state index is 12.5. The molecule has 1 aliphatic carbocycles. The van der Waals surface area contributed by atoms with Crippen LogP contribution in [0.15, 0.2) is 24.3 Å². The molecule has 0 spiro atoms. The molecule has 0 heterocycles. The van der Waals surface area contributed by atoms with E-state index in [4.69, 9.17) is 18.0 Å². The fourth-order valence-electron chi connectivity index (χ4n) is 2.89. The lowest BCUT2D eigenvalue weighted by Crippen LogP contribution is -2.45. The number of amides is 1.